The summed E-state index contributed by atoms with van der Waals surface area (Å²) >= 11 is 0. The third kappa shape index (κ3) is 3.44. The maximum Gasteiger partial charge on any atom is 0.354 e. The van der Waals surface area contributed by atoms with E-state index in [1.54, 1.807) is 17.9 Å². The van der Waals surface area contributed by atoms with Gasteiger partial charge in [0.1, 0.15) is 12.2 Å². The van der Waals surface area contributed by atoms with Gasteiger partial charge in [-0.25, -0.2) is 4.79 Å². The normalized spacial score (nSPS) is 10.6. The van der Waals surface area contributed by atoms with Crippen LogP contribution in [0.4, 0.5) is 0 Å². The SMILES string of the molecule is Cn1cnnc1CCC(=O)NCc1cnn(C)c1C(=O)O. The van der Waals surface area contributed by atoms with Crippen LogP contribution in [0.3, 0.4) is 0 Å². The van der Waals surface area contributed by atoms with Crippen LogP contribution in [0.2, 0.25) is 0 Å². The number of nitrogens with zero attached hydrogens (tertiary/aromatic N) is 5. The summed E-state index contributed by atoms with van der Waals surface area (Å²) in [5.41, 5.74) is 0.542. The van der Waals surface area contributed by atoms with Crippen LogP contribution in [0.1, 0.15) is 28.3 Å². The number of carbonyl (C=O) groups is 2. The second-order valence-corrected chi connectivity index (χ2v) is 4.58. The molecule has 2 heterocycles. The smallest absolute Gasteiger partial charge is 0.354 e. The van der Waals surface area contributed by atoms with Gasteiger partial charge in [0.2, 0.25) is 5.91 Å². The Hall–Kier alpha value is -2.71. The van der Waals surface area contributed by atoms with E-state index >= 15 is 0 Å². The molecule has 0 saturated carbocycles. The van der Waals surface area contributed by atoms with Gasteiger partial charge in [0, 0.05) is 39.0 Å². The lowest BCUT2D eigenvalue weighted by Gasteiger charge is -2.05. The van der Waals surface area contributed by atoms with Gasteiger partial charge >= 0.3 is 5.97 Å². The Kier molecular flexibility index (Phi) is 4.31. The molecular weight excluding hydrogens is 276 g/mol. The first kappa shape index (κ1) is 14.7. The van der Waals surface area contributed by atoms with E-state index in [9.17, 15) is 9.59 Å². The number of nitrogens with one attached hydrogen (secondary N) is 1. The van der Waals surface area contributed by atoms with E-state index in [1.807, 2.05) is 7.05 Å². The summed E-state index contributed by atoms with van der Waals surface area (Å²) in [6.07, 6.45) is 3.74. The van der Waals surface area contributed by atoms with E-state index in [4.69, 9.17) is 5.11 Å². The van der Waals surface area contributed by atoms with Crippen LogP contribution >= 0.6 is 0 Å². The molecule has 0 aliphatic rings. The number of aromatic carboxylic acids is 1. The Labute approximate surface area is 120 Å². The predicted molar refractivity (Wildman–Crippen MR) is 71.3 cm³/mol. The largest absolute Gasteiger partial charge is 0.477 e. The zero-order valence-corrected chi connectivity index (χ0v) is 11.8. The van der Waals surface area contributed by atoms with Gasteiger partial charge in [0.25, 0.3) is 0 Å². The maximum atomic E-state index is 11.8. The minimum absolute atomic E-state index is 0.0728. The van der Waals surface area contributed by atoms with E-state index < -0.39 is 5.97 Å². The number of carboxylic acids is 1. The van der Waals surface area contributed by atoms with Crippen molar-refractivity contribution in [3.63, 3.8) is 0 Å². The minimum atomic E-state index is -1.07. The highest BCUT2D eigenvalue weighted by molar-refractivity contribution is 5.87. The molecule has 0 spiro atoms. The van der Waals surface area contributed by atoms with E-state index in [0.717, 1.165) is 5.82 Å². The highest BCUT2D eigenvalue weighted by Crippen LogP contribution is 2.07. The number of rotatable bonds is 6. The number of carbonyl (C=O) groups excluding carboxylic acids is 1. The zero-order valence-electron chi connectivity index (χ0n) is 11.8. The Morgan fingerprint density at radius 1 is 1.38 bits per heavy atom. The second-order valence-electron chi connectivity index (χ2n) is 4.58. The average Bonchev–Trinajstić information content (AvgIpc) is 3.00. The number of hydrogen-bond acceptors (Lipinski definition) is 5. The molecule has 0 radical (unpaired) electrons. The van der Waals surface area contributed by atoms with Crippen molar-refractivity contribution in [2.75, 3.05) is 0 Å². The Bertz CT molecular complexity index is 660. The van der Waals surface area contributed by atoms with Crippen LogP contribution in [0.5, 0.6) is 0 Å². The number of aromatic nitrogens is 5. The van der Waals surface area contributed by atoms with Crippen LogP contribution in [0.25, 0.3) is 0 Å². The van der Waals surface area contributed by atoms with E-state index in [2.05, 4.69) is 20.6 Å². The van der Waals surface area contributed by atoms with Crippen LogP contribution in [0, 0.1) is 0 Å². The number of amides is 1. The third-order valence-corrected chi connectivity index (χ3v) is 3.07. The summed E-state index contributed by atoms with van der Waals surface area (Å²) in [6, 6.07) is 0. The molecule has 0 bridgehead atoms. The fourth-order valence-electron chi connectivity index (χ4n) is 1.93. The first-order chi connectivity index (χ1) is 9.99. The second kappa shape index (κ2) is 6.16. The van der Waals surface area contributed by atoms with Crippen LogP contribution in [-0.2, 0) is 31.9 Å². The summed E-state index contributed by atoms with van der Waals surface area (Å²) in [6.45, 7) is 0.132. The predicted octanol–water partition coefficient (Wildman–Crippen LogP) is -0.504. The van der Waals surface area contributed by atoms with Crippen molar-refractivity contribution < 1.29 is 14.7 Å². The lowest BCUT2D eigenvalue weighted by atomic mass is 10.2. The van der Waals surface area contributed by atoms with Gasteiger partial charge in [-0.2, -0.15) is 5.10 Å². The summed E-state index contributed by atoms with van der Waals surface area (Å²) in [4.78, 5) is 22.8. The van der Waals surface area contributed by atoms with E-state index in [-0.39, 0.29) is 24.6 Å². The molecule has 0 aliphatic carbocycles. The van der Waals surface area contributed by atoms with Crippen molar-refractivity contribution in [1.82, 2.24) is 29.9 Å². The van der Waals surface area contributed by atoms with Gasteiger partial charge in [-0.1, -0.05) is 0 Å². The van der Waals surface area contributed by atoms with Crippen molar-refractivity contribution in [3.05, 3.63) is 29.6 Å². The molecule has 0 saturated heterocycles. The highest BCUT2D eigenvalue weighted by Gasteiger charge is 2.16. The van der Waals surface area contributed by atoms with Crippen molar-refractivity contribution in [3.8, 4) is 0 Å². The fraction of sp³-hybridized carbons (Fsp3) is 0.417. The molecule has 21 heavy (non-hydrogen) atoms. The molecule has 2 aromatic rings. The van der Waals surface area contributed by atoms with Crippen molar-refractivity contribution in [2.24, 2.45) is 14.1 Å². The molecule has 2 aromatic heterocycles. The van der Waals surface area contributed by atoms with Gasteiger partial charge in [-0.15, -0.1) is 10.2 Å². The topological polar surface area (TPSA) is 115 Å². The standard InChI is InChI=1S/C12H16N6O3/c1-17-7-14-16-9(17)3-4-10(19)13-5-8-6-15-18(2)11(8)12(20)21/h6-7H,3-5H2,1-2H3,(H,13,19)(H,20,21). The minimum Gasteiger partial charge on any atom is -0.477 e. The highest BCUT2D eigenvalue weighted by atomic mass is 16.4. The molecule has 1 amide bonds. The third-order valence-electron chi connectivity index (χ3n) is 3.07. The summed E-state index contributed by atoms with van der Waals surface area (Å²) in [7, 11) is 3.35. The van der Waals surface area contributed by atoms with E-state index in [1.165, 1.54) is 10.9 Å². The molecule has 112 valence electrons. The number of aryl methyl sites for hydroxylation is 3. The van der Waals surface area contributed by atoms with Crippen molar-refractivity contribution >= 4 is 11.9 Å². The maximum absolute atomic E-state index is 11.8. The quantitative estimate of drug-likeness (QED) is 0.741. The van der Waals surface area contributed by atoms with Crippen LogP contribution in [0.15, 0.2) is 12.5 Å². The first-order valence-electron chi connectivity index (χ1n) is 6.32. The number of carboxylic acid groups (broad SMARTS) is 1. The lowest BCUT2D eigenvalue weighted by Crippen LogP contribution is -2.24. The Balaban J connectivity index is 1.87. The molecule has 9 nitrogen and oxygen atoms in total. The zero-order chi connectivity index (χ0) is 15.4. The first-order valence-corrected chi connectivity index (χ1v) is 6.32. The lowest BCUT2D eigenvalue weighted by molar-refractivity contribution is -0.121. The monoisotopic (exact) mass is 292 g/mol. The fourth-order valence-corrected chi connectivity index (χ4v) is 1.93. The van der Waals surface area contributed by atoms with Gasteiger partial charge in [-0.3, -0.25) is 9.48 Å². The van der Waals surface area contributed by atoms with Gasteiger partial charge < -0.3 is 15.0 Å². The van der Waals surface area contributed by atoms with Crippen molar-refractivity contribution in [2.45, 2.75) is 19.4 Å². The summed E-state index contributed by atoms with van der Waals surface area (Å²) in [5, 5.41) is 23.2. The van der Waals surface area contributed by atoms with Crippen molar-refractivity contribution in [1.29, 1.82) is 0 Å². The molecule has 2 N–H and O–H groups in total. The Morgan fingerprint density at radius 2 is 2.14 bits per heavy atom. The Morgan fingerprint density at radius 3 is 2.76 bits per heavy atom. The number of hydrogen-bond donors (Lipinski definition) is 2. The van der Waals surface area contributed by atoms with Crippen LogP contribution in [-0.4, -0.2) is 41.5 Å². The van der Waals surface area contributed by atoms with Gasteiger partial charge in [-0.05, 0) is 0 Å². The molecule has 2 rings (SSSR count). The van der Waals surface area contributed by atoms with Gasteiger partial charge in [0.05, 0.1) is 6.20 Å². The molecular formula is C12H16N6O3. The van der Waals surface area contributed by atoms with E-state index in [0.29, 0.717) is 12.0 Å². The molecule has 0 fully saturated rings. The summed E-state index contributed by atoms with van der Waals surface area (Å²) in [5.74, 6) is -0.533. The molecule has 0 aliphatic heterocycles. The molecule has 0 unspecified atom stereocenters. The average molecular weight is 292 g/mol. The molecule has 9 heteroatoms. The molecule has 0 aromatic carbocycles. The van der Waals surface area contributed by atoms with Gasteiger partial charge in [0.15, 0.2) is 5.69 Å². The summed E-state index contributed by atoms with van der Waals surface area (Å²) < 4.78 is 3.01. The molecule has 0 atom stereocenters. The van der Waals surface area contributed by atoms with Crippen LogP contribution < -0.4 is 5.32 Å².